The molecule has 0 radical (unpaired) electrons. The van der Waals surface area contributed by atoms with E-state index in [1.807, 2.05) is 0 Å². The number of hydrogen-bond donors (Lipinski definition) is 0. The van der Waals surface area contributed by atoms with Crippen molar-refractivity contribution < 1.29 is 19.6 Å². The number of hydrogen-bond acceptors (Lipinski definition) is 5. The maximum atomic E-state index is 10.4. The Hall–Kier alpha value is -2.11. The van der Waals surface area contributed by atoms with E-state index in [0.29, 0.717) is 0 Å². The van der Waals surface area contributed by atoms with Crippen LogP contribution in [0.3, 0.4) is 0 Å². The standard InChI is InChI=1S/C8H7NO5/c1-14-7-4-5(8(10)11)2-3-6(7)9(12)13/h2-4H,1H3,(H,10,11)/p-1. The smallest absolute Gasteiger partial charge is 0.310 e. The van der Waals surface area contributed by atoms with Crippen molar-refractivity contribution in [1.82, 2.24) is 0 Å². The lowest BCUT2D eigenvalue weighted by atomic mass is 10.2. The molecule has 1 aromatic carbocycles. The molecule has 0 aromatic heterocycles. The molecule has 0 fully saturated rings. The van der Waals surface area contributed by atoms with E-state index in [2.05, 4.69) is 4.74 Å². The van der Waals surface area contributed by atoms with Gasteiger partial charge in [-0.25, -0.2) is 0 Å². The third-order valence-corrected chi connectivity index (χ3v) is 1.61. The maximum Gasteiger partial charge on any atom is 0.310 e. The molecule has 0 heterocycles. The van der Waals surface area contributed by atoms with E-state index in [0.717, 1.165) is 18.2 Å². The number of nitro benzene ring substituents is 1. The molecule has 0 amide bonds. The second-order valence-electron chi connectivity index (χ2n) is 2.43. The van der Waals surface area contributed by atoms with Crippen LogP contribution in [0.25, 0.3) is 0 Å². The lowest BCUT2D eigenvalue weighted by Crippen LogP contribution is -2.22. The molecule has 0 aliphatic carbocycles. The summed E-state index contributed by atoms with van der Waals surface area (Å²) in [6, 6.07) is 3.20. The maximum absolute atomic E-state index is 10.4. The number of carboxylic acid groups (broad SMARTS) is 1. The van der Waals surface area contributed by atoms with E-state index in [9.17, 15) is 20.0 Å². The van der Waals surface area contributed by atoms with Crippen molar-refractivity contribution in [2.24, 2.45) is 0 Å². The van der Waals surface area contributed by atoms with Crippen LogP contribution in [0.2, 0.25) is 0 Å². The molecule has 1 aromatic rings. The average molecular weight is 196 g/mol. The number of nitro groups is 1. The number of methoxy groups -OCH3 is 1. The summed E-state index contributed by atoms with van der Waals surface area (Å²) in [4.78, 5) is 20.2. The van der Waals surface area contributed by atoms with Crippen LogP contribution in [-0.4, -0.2) is 18.0 Å². The van der Waals surface area contributed by atoms with Crippen LogP contribution in [-0.2, 0) is 0 Å². The molecule has 0 aliphatic heterocycles. The summed E-state index contributed by atoms with van der Waals surface area (Å²) < 4.78 is 4.66. The lowest BCUT2D eigenvalue weighted by molar-refractivity contribution is -0.385. The number of carbonyl (C=O) groups excluding carboxylic acids is 1. The number of nitrogens with zero attached hydrogens (tertiary/aromatic N) is 1. The Morgan fingerprint density at radius 1 is 1.50 bits per heavy atom. The van der Waals surface area contributed by atoms with E-state index in [1.165, 1.54) is 7.11 Å². The molecular formula is C8H6NO5-. The van der Waals surface area contributed by atoms with E-state index in [4.69, 9.17) is 0 Å². The minimum absolute atomic E-state index is 0.100. The quantitative estimate of drug-likeness (QED) is 0.499. The topological polar surface area (TPSA) is 92.5 Å². The highest BCUT2D eigenvalue weighted by molar-refractivity contribution is 5.87. The third kappa shape index (κ3) is 1.79. The van der Waals surface area contributed by atoms with Gasteiger partial charge in [0.2, 0.25) is 0 Å². The second kappa shape index (κ2) is 3.73. The molecule has 0 unspecified atom stereocenters. The normalized spacial score (nSPS) is 9.50. The first-order valence-corrected chi connectivity index (χ1v) is 3.60. The van der Waals surface area contributed by atoms with Crippen molar-refractivity contribution in [2.45, 2.75) is 0 Å². The van der Waals surface area contributed by atoms with Crippen LogP contribution in [0.1, 0.15) is 10.4 Å². The van der Waals surface area contributed by atoms with Gasteiger partial charge in [0.15, 0.2) is 5.75 Å². The summed E-state index contributed by atoms with van der Waals surface area (Å²) in [5, 5.41) is 20.8. The summed E-state index contributed by atoms with van der Waals surface area (Å²) >= 11 is 0. The molecule has 6 heteroatoms. The number of aromatic carboxylic acids is 1. The van der Waals surface area contributed by atoms with Gasteiger partial charge in [-0.2, -0.15) is 0 Å². The molecule has 14 heavy (non-hydrogen) atoms. The minimum Gasteiger partial charge on any atom is -0.545 e. The Labute approximate surface area is 78.9 Å². The van der Waals surface area contributed by atoms with Crippen molar-refractivity contribution in [1.29, 1.82) is 0 Å². The van der Waals surface area contributed by atoms with Crippen molar-refractivity contribution in [3.8, 4) is 5.75 Å². The van der Waals surface area contributed by atoms with Gasteiger partial charge in [-0.15, -0.1) is 0 Å². The van der Waals surface area contributed by atoms with Gasteiger partial charge in [0.25, 0.3) is 0 Å². The Kier molecular flexibility index (Phi) is 2.66. The largest absolute Gasteiger partial charge is 0.545 e. The lowest BCUT2D eigenvalue weighted by Gasteiger charge is -2.05. The summed E-state index contributed by atoms with van der Waals surface area (Å²) in [5.74, 6) is -1.50. The van der Waals surface area contributed by atoms with Crippen LogP contribution < -0.4 is 9.84 Å². The summed E-state index contributed by atoms with van der Waals surface area (Å²) in [7, 11) is 1.22. The monoisotopic (exact) mass is 196 g/mol. The number of ether oxygens (including phenoxy) is 1. The molecule has 74 valence electrons. The minimum atomic E-state index is -1.40. The third-order valence-electron chi connectivity index (χ3n) is 1.61. The first-order chi connectivity index (χ1) is 6.56. The van der Waals surface area contributed by atoms with Crippen LogP contribution >= 0.6 is 0 Å². The van der Waals surface area contributed by atoms with Crippen LogP contribution in [0.5, 0.6) is 5.75 Å². The summed E-state index contributed by atoms with van der Waals surface area (Å²) in [5.41, 5.74) is -0.440. The fraction of sp³-hybridized carbons (Fsp3) is 0.125. The Bertz CT molecular complexity index is 387. The molecule has 0 saturated heterocycles. The van der Waals surface area contributed by atoms with E-state index < -0.39 is 10.9 Å². The number of carbonyl (C=O) groups is 1. The summed E-state index contributed by atoms with van der Waals surface area (Å²) in [6.07, 6.45) is 0. The fourth-order valence-electron chi connectivity index (χ4n) is 0.955. The van der Waals surface area contributed by atoms with Gasteiger partial charge in [-0.05, 0) is 12.1 Å². The SMILES string of the molecule is COc1cc(C(=O)[O-])ccc1[N+](=O)[O-]. The highest BCUT2D eigenvalue weighted by atomic mass is 16.6. The van der Waals surface area contributed by atoms with Gasteiger partial charge in [0, 0.05) is 11.6 Å². The zero-order chi connectivity index (χ0) is 10.7. The highest BCUT2D eigenvalue weighted by Crippen LogP contribution is 2.27. The molecule has 0 N–H and O–H groups in total. The van der Waals surface area contributed by atoms with Gasteiger partial charge in [0.1, 0.15) is 0 Å². The zero-order valence-electron chi connectivity index (χ0n) is 7.22. The Balaban J connectivity index is 3.25. The molecule has 0 bridgehead atoms. The van der Waals surface area contributed by atoms with Gasteiger partial charge < -0.3 is 14.6 Å². The molecule has 6 nitrogen and oxygen atoms in total. The van der Waals surface area contributed by atoms with Crippen molar-refractivity contribution >= 4 is 11.7 Å². The van der Waals surface area contributed by atoms with Gasteiger partial charge in [0.05, 0.1) is 18.0 Å². The van der Waals surface area contributed by atoms with Crippen molar-refractivity contribution in [3.63, 3.8) is 0 Å². The van der Waals surface area contributed by atoms with Gasteiger partial charge in [-0.3, -0.25) is 10.1 Å². The molecule has 1 rings (SSSR count). The van der Waals surface area contributed by atoms with Crippen LogP contribution in [0.15, 0.2) is 18.2 Å². The number of carboxylic acids is 1. The first-order valence-electron chi connectivity index (χ1n) is 3.60. The second-order valence-corrected chi connectivity index (χ2v) is 2.43. The molecule has 0 atom stereocenters. The molecular weight excluding hydrogens is 190 g/mol. The first kappa shape index (κ1) is 9.97. The van der Waals surface area contributed by atoms with Gasteiger partial charge >= 0.3 is 5.69 Å². The Morgan fingerprint density at radius 2 is 2.14 bits per heavy atom. The predicted octanol–water partition coefficient (Wildman–Crippen LogP) is -0.0331. The molecule has 0 aliphatic rings. The van der Waals surface area contributed by atoms with Crippen LogP contribution in [0, 0.1) is 10.1 Å². The van der Waals surface area contributed by atoms with E-state index >= 15 is 0 Å². The Morgan fingerprint density at radius 3 is 2.57 bits per heavy atom. The van der Waals surface area contributed by atoms with E-state index in [-0.39, 0.29) is 17.0 Å². The fourth-order valence-corrected chi connectivity index (χ4v) is 0.955. The number of benzene rings is 1. The van der Waals surface area contributed by atoms with E-state index in [1.54, 1.807) is 0 Å². The van der Waals surface area contributed by atoms with Crippen molar-refractivity contribution in [2.75, 3.05) is 7.11 Å². The summed E-state index contributed by atoms with van der Waals surface area (Å²) in [6.45, 7) is 0. The average Bonchev–Trinajstić information content (AvgIpc) is 2.16. The van der Waals surface area contributed by atoms with Gasteiger partial charge in [-0.1, -0.05) is 0 Å². The predicted molar refractivity (Wildman–Crippen MR) is 44.0 cm³/mol. The highest BCUT2D eigenvalue weighted by Gasteiger charge is 2.14. The molecule has 0 saturated carbocycles. The van der Waals surface area contributed by atoms with Crippen molar-refractivity contribution in [3.05, 3.63) is 33.9 Å². The number of rotatable bonds is 3. The molecule has 0 spiro atoms. The van der Waals surface area contributed by atoms with Crippen LogP contribution in [0.4, 0.5) is 5.69 Å². The zero-order valence-corrected chi connectivity index (χ0v) is 7.22.